The van der Waals surface area contributed by atoms with Crippen molar-refractivity contribution in [2.24, 2.45) is 0 Å². The number of fused-ring (bicyclic) bond motifs is 1. The monoisotopic (exact) mass is 409 g/mol. The van der Waals surface area contributed by atoms with Crippen LogP contribution in [-0.2, 0) is 6.18 Å². The Morgan fingerprint density at radius 1 is 1.16 bits per heavy atom. The Bertz CT molecular complexity index is 946. The molecule has 0 aliphatic rings. The SMILES string of the molecule is O=C(NC=Cn1cnc2cc(C(F)(F)F)ccc21)c1ccc(Br)cc1. The molecule has 25 heavy (non-hydrogen) atoms. The van der Waals surface area contributed by atoms with Crippen LogP contribution in [0.1, 0.15) is 15.9 Å². The summed E-state index contributed by atoms with van der Waals surface area (Å²) < 4.78 is 40.5. The third-order valence-electron chi connectivity index (χ3n) is 3.46. The van der Waals surface area contributed by atoms with Gasteiger partial charge in [0.2, 0.25) is 0 Å². The Kier molecular flexibility index (Phi) is 4.63. The first-order valence-electron chi connectivity index (χ1n) is 7.11. The predicted octanol–water partition coefficient (Wildman–Crippen LogP) is 4.68. The number of hydrogen-bond donors (Lipinski definition) is 1. The quantitative estimate of drug-likeness (QED) is 0.682. The van der Waals surface area contributed by atoms with Gasteiger partial charge in [0.1, 0.15) is 0 Å². The van der Waals surface area contributed by atoms with Gasteiger partial charge in [0.25, 0.3) is 5.91 Å². The standard InChI is InChI=1S/C17H11BrF3N3O/c18-13-4-1-11(2-5-13)16(25)22-7-8-24-10-23-14-9-12(17(19,20)21)3-6-15(14)24/h1-10H,(H,22,25). The molecule has 4 nitrogen and oxygen atoms in total. The maximum absolute atomic E-state index is 12.7. The molecule has 8 heteroatoms. The Balaban J connectivity index is 1.75. The molecule has 1 heterocycles. The number of aromatic nitrogens is 2. The third kappa shape index (κ3) is 3.90. The molecule has 0 aliphatic heterocycles. The molecule has 0 saturated carbocycles. The number of nitrogens with one attached hydrogen (secondary N) is 1. The fourth-order valence-electron chi connectivity index (χ4n) is 2.20. The first-order chi connectivity index (χ1) is 11.8. The highest BCUT2D eigenvalue weighted by atomic mass is 79.9. The molecule has 1 aromatic heterocycles. The normalized spacial score (nSPS) is 12.0. The second kappa shape index (κ2) is 6.72. The van der Waals surface area contributed by atoms with Crippen LogP contribution in [0.4, 0.5) is 13.2 Å². The van der Waals surface area contributed by atoms with Crippen LogP contribution in [0.3, 0.4) is 0 Å². The van der Waals surface area contributed by atoms with Gasteiger partial charge in [0, 0.05) is 22.4 Å². The molecular formula is C17H11BrF3N3O. The lowest BCUT2D eigenvalue weighted by Gasteiger charge is -2.06. The van der Waals surface area contributed by atoms with Crippen LogP contribution < -0.4 is 5.32 Å². The van der Waals surface area contributed by atoms with Crippen molar-refractivity contribution in [1.29, 1.82) is 0 Å². The zero-order chi connectivity index (χ0) is 18.0. The van der Waals surface area contributed by atoms with Gasteiger partial charge in [-0.3, -0.25) is 4.79 Å². The first kappa shape index (κ1) is 17.2. The fraction of sp³-hybridized carbons (Fsp3) is 0.0588. The first-order valence-corrected chi connectivity index (χ1v) is 7.91. The average Bonchev–Trinajstić information content (AvgIpc) is 2.97. The lowest BCUT2D eigenvalue weighted by Crippen LogP contribution is -2.16. The van der Waals surface area contributed by atoms with Gasteiger partial charge in [0.15, 0.2) is 0 Å². The maximum atomic E-state index is 12.7. The van der Waals surface area contributed by atoms with E-state index in [4.69, 9.17) is 0 Å². The minimum atomic E-state index is -4.41. The minimum Gasteiger partial charge on any atom is -0.327 e. The van der Waals surface area contributed by atoms with E-state index in [0.717, 1.165) is 16.6 Å². The highest BCUT2D eigenvalue weighted by Gasteiger charge is 2.30. The summed E-state index contributed by atoms with van der Waals surface area (Å²) in [7, 11) is 0. The van der Waals surface area contributed by atoms with E-state index in [-0.39, 0.29) is 11.4 Å². The summed E-state index contributed by atoms with van der Waals surface area (Å²) in [6, 6.07) is 10.2. The van der Waals surface area contributed by atoms with Crippen LogP contribution in [0.5, 0.6) is 0 Å². The number of alkyl halides is 3. The van der Waals surface area contributed by atoms with Crippen molar-refractivity contribution in [3.63, 3.8) is 0 Å². The molecule has 0 aliphatic carbocycles. The Morgan fingerprint density at radius 2 is 1.88 bits per heavy atom. The fourth-order valence-corrected chi connectivity index (χ4v) is 2.47. The Hall–Kier alpha value is -2.61. The summed E-state index contributed by atoms with van der Waals surface area (Å²) in [6.45, 7) is 0. The van der Waals surface area contributed by atoms with Crippen molar-refractivity contribution in [2.75, 3.05) is 0 Å². The second-order valence-corrected chi connectivity index (χ2v) is 6.06. The van der Waals surface area contributed by atoms with E-state index < -0.39 is 11.7 Å². The second-order valence-electron chi connectivity index (χ2n) is 5.15. The largest absolute Gasteiger partial charge is 0.416 e. The number of benzene rings is 2. The Morgan fingerprint density at radius 3 is 2.56 bits per heavy atom. The van der Waals surface area contributed by atoms with Crippen molar-refractivity contribution in [3.05, 3.63) is 70.6 Å². The van der Waals surface area contributed by atoms with Crippen molar-refractivity contribution < 1.29 is 18.0 Å². The molecule has 0 saturated heterocycles. The highest BCUT2D eigenvalue weighted by Crippen LogP contribution is 2.31. The molecular weight excluding hydrogens is 399 g/mol. The third-order valence-corrected chi connectivity index (χ3v) is 3.99. The highest BCUT2D eigenvalue weighted by molar-refractivity contribution is 9.10. The van der Waals surface area contributed by atoms with Gasteiger partial charge in [-0.15, -0.1) is 0 Å². The molecule has 2 aromatic carbocycles. The summed E-state index contributed by atoms with van der Waals surface area (Å²) >= 11 is 3.29. The molecule has 0 atom stereocenters. The van der Waals surface area contributed by atoms with Gasteiger partial charge < -0.3 is 9.88 Å². The number of halogens is 4. The van der Waals surface area contributed by atoms with E-state index in [1.165, 1.54) is 29.4 Å². The van der Waals surface area contributed by atoms with E-state index in [1.807, 2.05) is 0 Å². The summed E-state index contributed by atoms with van der Waals surface area (Å²) in [4.78, 5) is 15.9. The number of rotatable bonds is 3. The van der Waals surface area contributed by atoms with Gasteiger partial charge in [-0.25, -0.2) is 4.98 Å². The van der Waals surface area contributed by atoms with Crippen molar-refractivity contribution in [3.8, 4) is 0 Å². The van der Waals surface area contributed by atoms with Crippen LogP contribution in [0, 0.1) is 0 Å². The lowest BCUT2D eigenvalue weighted by molar-refractivity contribution is -0.137. The van der Waals surface area contributed by atoms with E-state index in [2.05, 4.69) is 26.2 Å². The molecule has 0 bridgehead atoms. The minimum absolute atomic E-state index is 0.221. The number of nitrogens with zero attached hydrogens (tertiary/aromatic N) is 2. The zero-order valence-corrected chi connectivity index (χ0v) is 14.2. The van der Waals surface area contributed by atoms with Crippen LogP contribution in [0.15, 0.2) is 59.5 Å². The summed E-state index contributed by atoms with van der Waals surface area (Å²) in [5.41, 5.74) is 0.455. The van der Waals surface area contributed by atoms with Gasteiger partial charge in [-0.05, 0) is 42.5 Å². The van der Waals surface area contributed by atoms with Gasteiger partial charge in [0.05, 0.1) is 22.9 Å². The zero-order valence-electron chi connectivity index (χ0n) is 12.6. The maximum Gasteiger partial charge on any atom is 0.416 e. The predicted molar refractivity (Wildman–Crippen MR) is 91.7 cm³/mol. The molecule has 3 rings (SSSR count). The molecule has 1 N–H and O–H groups in total. The molecule has 0 spiro atoms. The summed E-state index contributed by atoms with van der Waals surface area (Å²) in [5, 5.41) is 2.59. The molecule has 0 radical (unpaired) electrons. The molecule has 1 amide bonds. The number of carbonyl (C=O) groups excluding carboxylic acids is 1. The molecule has 0 fully saturated rings. The average molecular weight is 410 g/mol. The lowest BCUT2D eigenvalue weighted by atomic mass is 10.2. The van der Waals surface area contributed by atoms with Crippen LogP contribution in [0.25, 0.3) is 17.2 Å². The van der Waals surface area contributed by atoms with Crippen molar-refractivity contribution in [2.45, 2.75) is 6.18 Å². The molecule has 0 unspecified atom stereocenters. The number of imidazole rings is 1. The van der Waals surface area contributed by atoms with Crippen molar-refractivity contribution >= 4 is 39.1 Å². The van der Waals surface area contributed by atoms with Gasteiger partial charge >= 0.3 is 6.18 Å². The van der Waals surface area contributed by atoms with E-state index in [1.54, 1.807) is 24.3 Å². The van der Waals surface area contributed by atoms with E-state index >= 15 is 0 Å². The summed E-state index contributed by atoms with van der Waals surface area (Å²) in [6.07, 6.45) is -0.109. The van der Waals surface area contributed by atoms with E-state index in [9.17, 15) is 18.0 Å². The topological polar surface area (TPSA) is 46.9 Å². The summed E-state index contributed by atoms with van der Waals surface area (Å²) in [5.74, 6) is -0.299. The smallest absolute Gasteiger partial charge is 0.327 e. The van der Waals surface area contributed by atoms with Crippen LogP contribution >= 0.6 is 15.9 Å². The van der Waals surface area contributed by atoms with E-state index in [0.29, 0.717) is 11.1 Å². The molecule has 128 valence electrons. The van der Waals surface area contributed by atoms with Gasteiger partial charge in [-0.1, -0.05) is 15.9 Å². The number of carbonyl (C=O) groups is 1. The van der Waals surface area contributed by atoms with Crippen LogP contribution in [0.2, 0.25) is 0 Å². The van der Waals surface area contributed by atoms with Gasteiger partial charge in [-0.2, -0.15) is 13.2 Å². The Labute approximate surface area is 149 Å². The number of amides is 1. The molecule has 3 aromatic rings. The van der Waals surface area contributed by atoms with Crippen molar-refractivity contribution in [1.82, 2.24) is 14.9 Å². The number of hydrogen-bond acceptors (Lipinski definition) is 2. The van der Waals surface area contributed by atoms with Crippen LogP contribution in [-0.4, -0.2) is 15.5 Å².